The highest BCUT2D eigenvalue weighted by atomic mass is 16.6. The number of carbonyl (C=O) groups excluding carboxylic acids is 3. The van der Waals surface area contributed by atoms with Crippen molar-refractivity contribution in [2.45, 2.75) is 393 Å². The Morgan fingerprint density at radius 2 is 0.462 bits per heavy atom. The van der Waals surface area contributed by atoms with Crippen LogP contribution in [0.25, 0.3) is 0 Å². The number of rotatable bonds is 65. The van der Waals surface area contributed by atoms with Crippen molar-refractivity contribution in [1.82, 2.24) is 0 Å². The molecule has 6 nitrogen and oxygen atoms in total. The Morgan fingerprint density at radius 1 is 0.256 bits per heavy atom. The van der Waals surface area contributed by atoms with Crippen molar-refractivity contribution < 1.29 is 28.6 Å². The van der Waals surface area contributed by atoms with Crippen molar-refractivity contribution in [2.24, 2.45) is 0 Å². The van der Waals surface area contributed by atoms with Gasteiger partial charge in [-0.1, -0.05) is 346 Å². The summed E-state index contributed by atoms with van der Waals surface area (Å²) in [4.78, 5) is 38.3. The average Bonchev–Trinajstić information content (AvgIpc) is 3.44. The molecule has 78 heavy (non-hydrogen) atoms. The summed E-state index contributed by atoms with van der Waals surface area (Å²) in [7, 11) is 0. The van der Waals surface area contributed by atoms with Gasteiger partial charge in [0.1, 0.15) is 13.2 Å². The molecular formula is C72H134O6. The van der Waals surface area contributed by atoms with Crippen LogP contribution in [0, 0.1) is 0 Å². The molecule has 0 aromatic heterocycles. The second-order valence-electron chi connectivity index (χ2n) is 23.8. The van der Waals surface area contributed by atoms with Gasteiger partial charge in [-0.15, -0.1) is 0 Å². The number of allylic oxidation sites excluding steroid dienone is 6. The Morgan fingerprint density at radius 3 is 0.718 bits per heavy atom. The molecule has 0 aliphatic heterocycles. The van der Waals surface area contributed by atoms with Gasteiger partial charge >= 0.3 is 17.9 Å². The maximum Gasteiger partial charge on any atom is 0.306 e. The Labute approximate surface area is 486 Å². The molecule has 1 unspecified atom stereocenters. The highest BCUT2D eigenvalue weighted by Crippen LogP contribution is 2.18. The molecule has 0 aliphatic rings. The number of unbranched alkanes of at least 4 members (excludes halogenated alkanes) is 48. The third-order valence-corrected chi connectivity index (χ3v) is 15.9. The van der Waals surface area contributed by atoms with Gasteiger partial charge < -0.3 is 14.2 Å². The predicted octanol–water partition coefficient (Wildman–Crippen LogP) is 23.9. The third-order valence-electron chi connectivity index (χ3n) is 15.9. The molecule has 0 radical (unpaired) electrons. The van der Waals surface area contributed by atoms with Crippen LogP contribution in [0.3, 0.4) is 0 Å². The lowest BCUT2D eigenvalue weighted by molar-refractivity contribution is -0.167. The quantitative estimate of drug-likeness (QED) is 0.0261. The lowest BCUT2D eigenvalue weighted by Gasteiger charge is -2.18. The first-order valence-corrected chi connectivity index (χ1v) is 35.0. The summed E-state index contributed by atoms with van der Waals surface area (Å²) < 4.78 is 17.0. The molecule has 0 saturated carbocycles. The van der Waals surface area contributed by atoms with Crippen LogP contribution >= 0.6 is 0 Å². The minimum Gasteiger partial charge on any atom is -0.462 e. The van der Waals surface area contributed by atoms with Crippen molar-refractivity contribution in [3.05, 3.63) is 36.5 Å². The molecule has 0 aliphatic carbocycles. The van der Waals surface area contributed by atoms with E-state index in [-0.39, 0.29) is 31.1 Å². The lowest BCUT2D eigenvalue weighted by atomic mass is 10.0. The molecule has 1 atom stereocenters. The van der Waals surface area contributed by atoms with Crippen LogP contribution in [0.5, 0.6) is 0 Å². The fraction of sp³-hybridized carbons (Fsp3) is 0.875. The molecule has 6 heteroatoms. The Bertz CT molecular complexity index is 1300. The Hall–Kier alpha value is -2.37. The normalized spacial score (nSPS) is 12.2. The van der Waals surface area contributed by atoms with Crippen LogP contribution in [-0.2, 0) is 28.6 Å². The van der Waals surface area contributed by atoms with Crippen molar-refractivity contribution in [3.8, 4) is 0 Å². The van der Waals surface area contributed by atoms with E-state index in [2.05, 4.69) is 57.2 Å². The molecule has 0 rings (SSSR count). The predicted molar refractivity (Wildman–Crippen MR) is 339 cm³/mol. The first kappa shape index (κ1) is 75.6. The maximum absolute atomic E-state index is 12.9. The largest absolute Gasteiger partial charge is 0.462 e. The van der Waals surface area contributed by atoms with Crippen LogP contribution in [0.2, 0.25) is 0 Å². The van der Waals surface area contributed by atoms with Gasteiger partial charge in [-0.25, -0.2) is 0 Å². The van der Waals surface area contributed by atoms with E-state index in [1.165, 1.54) is 276 Å². The standard InChI is InChI=1S/C72H134O6/c1-4-7-10-13-16-19-22-25-28-29-30-31-32-33-34-35-36-37-38-39-40-41-42-43-45-47-50-53-56-59-62-65-71(74)77-68-69(67-76-70(73)64-61-58-55-52-49-46-27-24-21-18-15-12-9-6-3)78-72(75)66-63-60-57-54-51-48-44-26-23-20-17-14-11-8-5-2/h22,25,29-30,32-33,69H,4-21,23-24,26-28,31,34-68H2,1-3H3/b25-22-,30-29-,33-32-. The molecule has 0 N–H and O–H groups in total. The van der Waals surface area contributed by atoms with Crippen molar-refractivity contribution in [3.63, 3.8) is 0 Å². The third kappa shape index (κ3) is 64.5. The first-order valence-electron chi connectivity index (χ1n) is 35.0. The van der Waals surface area contributed by atoms with E-state index in [1.807, 2.05) is 0 Å². The second kappa shape index (κ2) is 67.1. The van der Waals surface area contributed by atoms with E-state index < -0.39 is 6.10 Å². The zero-order chi connectivity index (χ0) is 56.4. The Kier molecular flexibility index (Phi) is 65.1. The van der Waals surface area contributed by atoms with E-state index in [4.69, 9.17) is 14.2 Å². The first-order chi connectivity index (χ1) is 38.5. The lowest BCUT2D eigenvalue weighted by Crippen LogP contribution is -2.30. The molecule has 0 aromatic rings. The zero-order valence-corrected chi connectivity index (χ0v) is 52.7. The zero-order valence-electron chi connectivity index (χ0n) is 52.7. The molecule has 0 aromatic carbocycles. The SMILES string of the molecule is CCCCCCC/C=C\C/C=C\C/C=C\CCCCCCCCCCCCCCCCCCC(=O)OCC(COC(=O)CCCCCCCCCCCCCCCC)OC(=O)CCCCCCCCCCCCCCCCC. The van der Waals surface area contributed by atoms with Crippen molar-refractivity contribution in [1.29, 1.82) is 0 Å². The van der Waals surface area contributed by atoms with Crippen molar-refractivity contribution >= 4 is 17.9 Å². The number of esters is 3. The number of ether oxygens (including phenoxy) is 3. The fourth-order valence-corrected chi connectivity index (χ4v) is 10.6. The highest BCUT2D eigenvalue weighted by molar-refractivity contribution is 5.71. The van der Waals surface area contributed by atoms with Crippen molar-refractivity contribution in [2.75, 3.05) is 13.2 Å². The summed E-state index contributed by atoms with van der Waals surface area (Å²) in [6, 6.07) is 0. The van der Waals surface area contributed by atoms with Gasteiger partial charge in [-0.2, -0.15) is 0 Å². The number of hydrogen-bond acceptors (Lipinski definition) is 6. The van der Waals surface area contributed by atoms with E-state index in [1.54, 1.807) is 0 Å². The van der Waals surface area contributed by atoms with Gasteiger partial charge in [0.05, 0.1) is 0 Å². The maximum atomic E-state index is 12.9. The van der Waals surface area contributed by atoms with E-state index in [0.717, 1.165) is 70.6 Å². The van der Waals surface area contributed by atoms with Gasteiger partial charge in [-0.3, -0.25) is 14.4 Å². The topological polar surface area (TPSA) is 78.9 Å². The molecule has 0 heterocycles. The minimum atomic E-state index is -0.767. The van der Waals surface area contributed by atoms with E-state index in [9.17, 15) is 14.4 Å². The average molecular weight is 1100 g/mol. The van der Waals surface area contributed by atoms with E-state index in [0.29, 0.717) is 19.3 Å². The summed E-state index contributed by atoms with van der Waals surface area (Å²) in [5, 5.41) is 0. The minimum absolute atomic E-state index is 0.0646. The molecule has 0 fully saturated rings. The number of hydrogen-bond donors (Lipinski definition) is 0. The van der Waals surface area contributed by atoms with E-state index >= 15 is 0 Å². The van der Waals surface area contributed by atoms with Gasteiger partial charge in [0, 0.05) is 19.3 Å². The molecule has 0 spiro atoms. The Balaban J connectivity index is 4.14. The van der Waals surface area contributed by atoms with Gasteiger partial charge in [0.2, 0.25) is 0 Å². The second-order valence-corrected chi connectivity index (χ2v) is 23.8. The monoisotopic (exact) mass is 1100 g/mol. The molecule has 0 saturated heterocycles. The fourth-order valence-electron chi connectivity index (χ4n) is 10.6. The summed E-state index contributed by atoms with van der Waals surface area (Å²) in [6.45, 7) is 6.70. The highest BCUT2D eigenvalue weighted by Gasteiger charge is 2.19. The summed E-state index contributed by atoms with van der Waals surface area (Å²) in [6.07, 6.45) is 83.1. The van der Waals surface area contributed by atoms with Crippen LogP contribution in [-0.4, -0.2) is 37.2 Å². The van der Waals surface area contributed by atoms with Crippen LogP contribution in [0.1, 0.15) is 387 Å². The van der Waals surface area contributed by atoms with Crippen LogP contribution in [0.15, 0.2) is 36.5 Å². The molecule has 458 valence electrons. The van der Waals surface area contributed by atoms with Gasteiger partial charge in [0.15, 0.2) is 6.10 Å². The van der Waals surface area contributed by atoms with Gasteiger partial charge in [-0.05, 0) is 57.8 Å². The number of carbonyl (C=O) groups is 3. The summed E-state index contributed by atoms with van der Waals surface area (Å²) in [5.41, 5.74) is 0. The van der Waals surface area contributed by atoms with Gasteiger partial charge in [0.25, 0.3) is 0 Å². The van der Waals surface area contributed by atoms with Crippen LogP contribution in [0.4, 0.5) is 0 Å². The van der Waals surface area contributed by atoms with Crippen LogP contribution < -0.4 is 0 Å². The summed E-state index contributed by atoms with van der Waals surface area (Å²) in [5.74, 6) is -0.835. The molecule has 0 bridgehead atoms. The molecule has 0 amide bonds. The smallest absolute Gasteiger partial charge is 0.306 e. The summed E-state index contributed by atoms with van der Waals surface area (Å²) >= 11 is 0. The molecular weight excluding hydrogens is 961 g/mol.